The number of nitrogens with zero attached hydrogens (tertiary/aromatic N) is 1. The van der Waals surface area contributed by atoms with Gasteiger partial charge in [0.05, 0.1) is 0 Å². The van der Waals surface area contributed by atoms with E-state index >= 15 is 0 Å². The molecule has 29 heavy (non-hydrogen) atoms. The molecule has 5 heteroatoms. The first-order valence-electron chi connectivity index (χ1n) is 10.2. The Hall–Kier alpha value is -2.69. The lowest BCUT2D eigenvalue weighted by atomic mass is 10.1. The Balaban J connectivity index is 2.13. The molecular weight excluding hydrogens is 367 g/mol. The maximum atomic E-state index is 13.2. The second-order valence-corrected chi connectivity index (χ2v) is 7.63. The fourth-order valence-corrected chi connectivity index (χ4v) is 2.98. The van der Waals surface area contributed by atoms with Crippen LogP contribution in [0.4, 0.5) is 4.39 Å². The number of hydrogen-bond acceptors (Lipinski definition) is 2. The maximum Gasteiger partial charge on any atom is 0.242 e. The number of halogens is 1. The highest BCUT2D eigenvalue weighted by Gasteiger charge is 2.26. The minimum Gasteiger partial charge on any atom is -0.352 e. The molecule has 0 fully saturated rings. The molecule has 2 aromatic carbocycles. The van der Waals surface area contributed by atoms with Gasteiger partial charge in [0.1, 0.15) is 11.9 Å². The quantitative estimate of drug-likeness (QED) is 0.681. The molecule has 0 aliphatic rings. The van der Waals surface area contributed by atoms with E-state index in [0.29, 0.717) is 12.8 Å². The predicted molar refractivity (Wildman–Crippen MR) is 114 cm³/mol. The molecule has 0 saturated heterocycles. The summed E-state index contributed by atoms with van der Waals surface area (Å²) in [5.41, 5.74) is 3.05. The van der Waals surface area contributed by atoms with Gasteiger partial charge in [0.25, 0.3) is 0 Å². The van der Waals surface area contributed by atoms with E-state index in [1.54, 1.807) is 24.0 Å². The summed E-state index contributed by atoms with van der Waals surface area (Å²) in [7, 11) is 0. The molecule has 0 aromatic heterocycles. The van der Waals surface area contributed by atoms with Gasteiger partial charge >= 0.3 is 0 Å². The number of carbonyl (C=O) groups excluding carboxylic acids is 2. The Morgan fingerprint density at radius 2 is 1.59 bits per heavy atom. The SMILES string of the molecule is CC[C@@H](C)NC(=O)[C@@H](C)N(Cc1ccc(F)cc1)C(=O)CCc1ccc(C)cc1. The van der Waals surface area contributed by atoms with Gasteiger partial charge in [-0.15, -0.1) is 0 Å². The summed E-state index contributed by atoms with van der Waals surface area (Å²) in [4.78, 5) is 27.3. The highest BCUT2D eigenvalue weighted by molar-refractivity contribution is 5.87. The molecule has 2 rings (SSSR count). The largest absolute Gasteiger partial charge is 0.352 e. The van der Waals surface area contributed by atoms with Crippen molar-refractivity contribution in [3.8, 4) is 0 Å². The van der Waals surface area contributed by atoms with Crippen molar-refractivity contribution in [2.45, 2.75) is 65.6 Å². The molecule has 1 N–H and O–H groups in total. The molecule has 0 aliphatic heterocycles. The highest BCUT2D eigenvalue weighted by Crippen LogP contribution is 2.14. The number of aryl methyl sites for hydroxylation is 2. The smallest absolute Gasteiger partial charge is 0.242 e. The van der Waals surface area contributed by atoms with Gasteiger partial charge < -0.3 is 10.2 Å². The first-order valence-corrected chi connectivity index (χ1v) is 10.2. The summed E-state index contributed by atoms with van der Waals surface area (Å²) in [6.45, 7) is 7.97. The molecule has 0 saturated carbocycles. The minimum absolute atomic E-state index is 0.0419. The third-order valence-electron chi connectivity index (χ3n) is 5.18. The van der Waals surface area contributed by atoms with E-state index in [4.69, 9.17) is 0 Å². The average Bonchev–Trinajstić information content (AvgIpc) is 2.72. The van der Waals surface area contributed by atoms with Gasteiger partial charge in [-0.3, -0.25) is 9.59 Å². The third kappa shape index (κ3) is 7.00. The molecule has 0 bridgehead atoms. The van der Waals surface area contributed by atoms with Crippen LogP contribution in [0.5, 0.6) is 0 Å². The van der Waals surface area contributed by atoms with Crippen molar-refractivity contribution in [1.82, 2.24) is 10.2 Å². The average molecular weight is 399 g/mol. The molecular formula is C24H31FN2O2. The molecule has 0 spiro atoms. The first kappa shape index (κ1) is 22.6. The van der Waals surface area contributed by atoms with Gasteiger partial charge in [-0.1, -0.05) is 48.9 Å². The van der Waals surface area contributed by atoms with Crippen molar-refractivity contribution in [2.24, 2.45) is 0 Å². The van der Waals surface area contributed by atoms with Gasteiger partial charge in [0.2, 0.25) is 11.8 Å². The zero-order valence-corrected chi connectivity index (χ0v) is 17.7. The summed E-state index contributed by atoms with van der Waals surface area (Å²) in [5.74, 6) is -0.597. The maximum absolute atomic E-state index is 13.2. The second-order valence-electron chi connectivity index (χ2n) is 7.63. The Morgan fingerprint density at radius 3 is 2.17 bits per heavy atom. The Bertz CT molecular complexity index is 803. The molecule has 156 valence electrons. The fourth-order valence-electron chi connectivity index (χ4n) is 2.98. The molecule has 2 amide bonds. The van der Waals surface area contributed by atoms with Crippen LogP contribution in [0.25, 0.3) is 0 Å². The lowest BCUT2D eigenvalue weighted by molar-refractivity contribution is -0.140. The van der Waals surface area contributed by atoms with Gasteiger partial charge in [0, 0.05) is 19.0 Å². The van der Waals surface area contributed by atoms with Crippen LogP contribution in [0, 0.1) is 12.7 Å². The van der Waals surface area contributed by atoms with Gasteiger partial charge in [-0.25, -0.2) is 4.39 Å². The summed E-state index contributed by atoms with van der Waals surface area (Å²) < 4.78 is 13.2. The number of rotatable bonds is 9. The lowest BCUT2D eigenvalue weighted by Crippen LogP contribution is -2.49. The van der Waals surface area contributed by atoms with E-state index in [-0.39, 0.29) is 30.2 Å². The number of nitrogens with one attached hydrogen (secondary N) is 1. The van der Waals surface area contributed by atoms with Gasteiger partial charge in [0.15, 0.2) is 0 Å². The number of carbonyl (C=O) groups is 2. The zero-order valence-electron chi connectivity index (χ0n) is 17.7. The molecule has 4 nitrogen and oxygen atoms in total. The normalized spacial score (nSPS) is 12.9. The van der Waals surface area contributed by atoms with Crippen LogP contribution in [-0.4, -0.2) is 28.8 Å². The van der Waals surface area contributed by atoms with E-state index in [1.165, 1.54) is 17.7 Å². The summed E-state index contributed by atoms with van der Waals surface area (Å²) in [6.07, 6.45) is 1.74. The number of benzene rings is 2. The van der Waals surface area contributed by atoms with E-state index in [2.05, 4.69) is 5.32 Å². The summed E-state index contributed by atoms with van der Waals surface area (Å²) in [5, 5.41) is 2.95. The molecule has 0 unspecified atom stereocenters. The van der Waals surface area contributed by atoms with E-state index in [9.17, 15) is 14.0 Å². The van der Waals surface area contributed by atoms with Crippen LogP contribution in [0.3, 0.4) is 0 Å². The molecule has 2 atom stereocenters. The van der Waals surface area contributed by atoms with Crippen molar-refractivity contribution in [3.63, 3.8) is 0 Å². The zero-order chi connectivity index (χ0) is 21.4. The molecule has 0 aliphatic carbocycles. The van der Waals surface area contributed by atoms with Crippen LogP contribution in [0.1, 0.15) is 50.3 Å². The van der Waals surface area contributed by atoms with E-state index < -0.39 is 6.04 Å². The van der Waals surface area contributed by atoms with E-state index in [1.807, 2.05) is 45.0 Å². The van der Waals surface area contributed by atoms with Crippen molar-refractivity contribution in [2.75, 3.05) is 0 Å². The van der Waals surface area contributed by atoms with Crippen molar-refractivity contribution in [3.05, 3.63) is 71.0 Å². The Labute approximate surface area is 173 Å². The van der Waals surface area contributed by atoms with Crippen molar-refractivity contribution >= 4 is 11.8 Å². The second kappa shape index (κ2) is 10.7. The summed E-state index contributed by atoms with van der Waals surface area (Å²) in [6, 6.07) is 13.6. The Kier molecular flexibility index (Phi) is 8.37. The van der Waals surface area contributed by atoms with Crippen LogP contribution >= 0.6 is 0 Å². The van der Waals surface area contributed by atoms with Crippen molar-refractivity contribution in [1.29, 1.82) is 0 Å². The predicted octanol–water partition coefficient (Wildman–Crippen LogP) is 4.40. The number of amides is 2. The van der Waals surface area contributed by atoms with Gasteiger partial charge in [-0.05, 0) is 56.9 Å². The lowest BCUT2D eigenvalue weighted by Gasteiger charge is -2.29. The Morgan fingerprint density at radius 1 is 1.00 bits per heavy atom. The highest BCUT2D eigenvalue weighted by atomic mass is 19.1. The molecule has 2 aromatic rings. The summed E-state index contributed by atoms with van der Waals surface area (Å²) >= 11 is 0. The van der Waals surface area contributed by atoms with Crippen LogP contribution in [0.2, 0.25) is 0 Å². The first-order chi connectivity index (χ1) is 13.8. The van der Waals surface area contributed by atoms with Gasteiger partial charge in [-0.2, -0.15) is 0 Å². The van der Waals surface area contributed by atoms with Crippen LogP contribution in [0.15, 0.2) is 48.5 Å². The van der Waals surface area contributed by atoms with Crippen LogP contribution < -0.4 is 5.32 Å². The fraction of sp³-hybridized carbons (Fsp3) is 0.417. The number of hydrogen-bond donors (Lipinski definition) is 1. The molecule has 0 radical (unpaired) electrons. The molecule has 0 heterocycles. The van der Waals surface area contributed by atoms with E-state index in [0.717, 1.165) is 17.5 Å². The topological polar surface area (TPSA) is 49.4 Å². The van der Waals surface area contributed by atoms with Crippen LogP contribution in [-0.2, 0) is 22.6 Å². The third-order valence-corrected chi connectivity index (χ3v) is 5.18. The monoisotopic (exact) mass is 398 g/mol. The minimum atomic E-state index is -0.612. The standard InChI is InChI=1S/C24H31FN2O2/c1-5-18(3)26-24(29)19(4)27(16-21-10-13-22(25)14-11-21)23(28)15-12-20-8-6-17(2)7-9-20/h6-11,13-14,18-19H,5,12,15-16H2,1-4H3,(H,26,29)/t18-,19-/m1/s1. The van der Waals surface area contributed by atoms with Crippen molar-refractivity contribution < 1.29 is 14.0 Å².